The first kappa shape index (κ1) is 11.8. The zero-order chi connectivity index (χ0) is 11.3. The summed E-state index contributed by atoms with van der Waals surface area (Å²) in [6, 6.07) is 8.05. The molecule has 1 N–H and O–H groups in total. The van der Waals surface area contributed by atoms with Gasteiger partial charge < -0.3 is 5.11 Å². The quantitative estimate of drug-likeness (QED) is 0.802. The molecule has 0 aromatic heterocycles. The highest BCUT2D eigenvalue weighted by Crippen LogP contribution is 2.27. The molecule has 0 saturated heterocycles. The summed E-state index contributed by atoms with van der Waals surface area (Å²) in [7, 11) is 0. The molecule has 1 aromatic rings. The number of benzene rings is 1. The molecule has 2 nitrogen and oxygen atoms in total. The van der Waals surface area contributed by atoms with Crippen LogP contribution in [0.1, 0.15) is 43.2 Å². The highest BCUT2D eigenvalue weighted by atomic mass is 16.4. The van der Waals surface area contributed by atoms with Crippen LogP contribution < -0.4 is 0 Å². The standard InChI is InChI=1S/C13H18O2/c1-3-6-11(9-13(14)15)12-8-5-4-7-10(12)2/h4-5,7-8,11H,3,6,9H2,1-2H3,(H,14,15). The van der Waals surface area contributed by atoms with E-state index in [1.54, 1.807) is 0 Å². The Hall–Kier alpha value is -1.31. The van der Waals surface area contributed by atoms with E-state index in [1.165, 1.54) is 11.1 Å². The van der Waals surface area contributed by atoms with Gasteiger partial charge in [0.2, 0.25) is 0 Å². The minimum Gasteiger partial charge on any atom is -0.481 e. The number of carboxylic acids is 1. The summed E-state index contributed by atoms with van der Waals surface area (Å²) in [4.78, 5) is 10.8. The summed E-state index contributed by atoms with van der Waals surface area (Å²) < 4.78 is 0. The molecule has 0 aliphatic rings. The van der Waals surface area contributed by atoms with Gasteiger partial charge in [-0.15, -0.1) is 0 Å². The number of rotatable bonds is 5. The third-order valence-electron chi connectivity index (χ3n) is 2.69. The van der Waals surface area contributed by atoms with E-state index >= 15 is 0 Å². The van der Waals surface area contributed by atoms with Gasteiger partial charge in [0, 0.05) is 0 Å². The Labute approximate surface area is 90.9 Å². The average molecular weight is 206 g/mol. The Morgan fingerprint density at radius 3 is 2.60 bits per heavy atom. The minimum absolute atomic E-state index is 0.161. The van der Waals surface area contributed by atoms with E-state index < -0.39 is 5.97 Å². The van der Waals surface area contributed by atoms with Crippen LogP contribution in [0.25, 0.3) is 0 Å². The van der Waals surface area contributed by atoms with E-state index in [1.807, 2.05) is 31.2 Å². The predicted octanol–water partition coefficient (Wildman–Crippen LogP) is 3.35. The molecule has 0 aliphatic heterocycles. The second kappa shape index (κ2) is 5.54. The van der Waals surface area contributed by atoms with Gasteiger partial charge in [-0.2, -0.15) is 0 Å². The van der Waals surface area contributed by atoms with Gasteiger partial charge in [0.15, 0.2) is 0 Å². The van der Waals surface area contributed by atoms with Crippen molar-refractivity contribution in [2.75, 3.05) is 0 Å². The van der Waals surface area contributed by atoms with Crippen molar-refractivity contribution in [2.24, 2.45) is 0 Å². The highest BCUT2D eigenvalue weighted by Gasteiger charge is 2.15. The largest absolute Gasteiger partial charge is 0.481 e. The Kier molecular flexibility index (Phi) is 4.35. The lowest BCUT2D eigenvalue weighted by Gasteiger charge is -2.16. The van der Waals surface area contributed by atoms with Crippen molar-refractivity contribution in [1.29, 1.82) is 0 Å². The number of carbonyl (C=O) groups is 1. The van der Waals surface area contributed by atoms with E-state index in [-0.39, 0.29) is 12.3 Å². The van der Waals surface area contributed by atoms with E-state index in [4.69, 9.17) is 5.11 Å². The van der Waals surface area contributed by atoms with Crippen molar-refractivity contribution in [3.05, 3.63) is 35.4 Å². The summed E-state index contributed by atoms with van der Waals surface area (Å²) in [5.74, 6) is -0.551. The molecule has 82 valence electrons. The molecular formula is C13H18O2. The molecule has 0 bridgehead atoms. The number of hydrogen-bond donors (Lipinski definition) is 1. The maximum Gasteiger partial charge on any atom is 0.303 e. The van der Waals surface area contributed by atoms with Crippen LogP contribution in [0.15, 0.2) is 24.3 Å². The zero-order valence-corrected chi connectivity index (χ0v) is 9.36. The maximum atomic E-state index is 10.8. The number of aliphatic carboxylic acids is 1. The molecule has 1 unspecified atom stereocenters. The van der Waals surface area contributed by atoms with Gasteiger partial charge in [-0.1, -0.05) is 37.6 Å². The van der Waals surface area contributed by atoms with Crippen LogP contribution in [-0.4, -0.2) is 11.1 Å². The van der Waals surface area contributed by atoms with E-state index in [0.29, 0.717) is 0 Å². The van der Waals surface area contributed by atoms with Crippen molar-refractivity contribution >= 4 is 5.97 Å². The smallest absolute Gasteiger partial charge is 0.303 e. The van der Waals surface area contributed by atoms with Crippen molar-refractivity contribution < 1.29 is 9.90 Å². The topological polar surface area (TPSA) is 37.3 Å². The normalized spacial score (nSPS) is 12.4. The summed E-state index contributed by atoms with van der Waals surface area (Å²) in [6.45, 7) is 4.13. The first-order valence-corrected chi connectivity index (χ1v) is 5.42. The van der Waals surface area contributed by atoms with E-state index in [0.717, 1.165) is 12.8 Å². The summed E-state index contributed by atoms with van der Waals surface area (Å²) in [6.07, 6.45) is 2.20. The van der Waals surface area contributed by atoms with Crippen molar-refractivity contribution in [3.8, 4) is 0 Å². The number of hydrogen-bond acceptors (Lipinski definition) is 1. The summed E-state index contributed by atoms with van der Waals surface area (Å²) in [5, 5.41) is 8.86. The summed E-state index contributed by atoms with van der Waals surface area (Å²) in [5.41, 5.74) is 2.37. The van der Waals surface area contributed by atoms with Crippen molar-refractivity contribution in [2.45, 2.75) is 39.0 Å². The molecule has 0 radical (unpaired) electrons. The Balaban J connectivity index is 2.88. The SMILES string of the molecule is CCCC(CC(=O)O)c1ccccc1C. The van der Waals surface area contributed by atoms with Gasteiger partial charge in [-0.25, -0.2) is 0 Å². The van der Waals surface area contributed by atoms with Gasteiger partial charge in [-0.05, 0) is 30.4 Å². The summed E-state index contributed by atoms with van der Waals surface area (Å²) >= 11 is 0. The van der Waals surface area contributed by atoms with Gasteiger partial charge in [0.25, 0.3) is 0 Å². The van der Waals surface area contributed by atoms with Crippen molar-refractivity contribution in [1.82, 2.24) is 0 Å². The monoisotopic (exact) mass is 206 g/mol. The fraction of sp³-hybridized carbons (Fsp3) is 0.462. The first-order valence-electron chi connectivity index (χ1n) is 5.42. The van der Waals surface area contributed by atoms with Crippen LogP contribution in [0.5, 0.6) is 0 Å². The molecule has 0 saturated carbocycles. The lowest BCUT2D eigenvalue weighted by Crippen LogP contribution is -2.07. The van der Waals surface area contributed by atoms with Crippen LogP contribution in [0.3, 0.4) is 0 Å². The predicted molar refractivity (Wildman–Crippen MR) is 61.1 cm³/mol. The van der Waals surface area contributed by atoms with Crippen LogP contribution in [-0.2, 0) is 4.79 Å². The highest BCUT2D eigenvalue weighted by molar-refractivity contribution is 5.68. The molecule has 0 spiro atoms. The minimum atomic E-state index is -0.711. The molecular weight excluding hydrogens is 188 g/mol. The molecule has 0 heterocycles. The maximum absolute atomic E-state index is 10.8. The third-order valence-corrected chi connectivity index (χ3v) is 2.69. The Morgan fingerprint density at radius 2 is 2.07 bits per heavy atom. The fourth-order valence-electron chi connectivity index (χ4n) is 1.97. The molecule has 0 aliphatic carbocycles. The number of carboxylic acid groups (broad SMARTS) is 1. The van der Waals surface area contributed by atoms with Gasteiger partial charge in [0.1, 0.15) is 0 Å². The van der Waals surface area contributed by atoms with Crippen molar-refractivity contribution in [3.63, 3.8) is 0 Å². The van der Waals surface area contributed by atoms with Crippen LogP contribution in [0.2, 0.25) is 0 Å². The Bertz CT molecular complexity index is 331. The Morgan fingerprint density at radius 1 is 1.40 bits per heavy atom. The molecule has 1 rings (SSSR count). The van der Waals surface area contributed by atoms with Gasteiger partial charge >= 0.3 is 5.97 Å². The van der Waals surface area contributed by atoms with Crippen LogP contribution in [0.4, 0.5) is 0 Å². The lowest BCUT2D eigenvalue weighted by atomic mass is 9.88. The van der Waals surface area contributed by atoms with E-state index in [9.17, 15) is 4.79 Å². The average Bonchev–Trinajstić information content (AvgIpc) is 2.17. The lowest BCUT2D eigenvalue weighted by molar-refractivity contribution is -0.137. The first-order chi connectivity index (χ1) is 7.15. The molecule has 0 amide bonds. The van der Waals surface area contributed by atoms with Gasteiger partial charge in [-0.3, -0.25) is 4.79 Å². The molecule has 1 atom stereocenters. The second-order valence-corrected chi connectivity index (χ2v) is 3.94. The fourth-order valence-corrected chi connectivity index (χ4v) is 1.97. The molecule has 2 heteroatoms. The number of aryl methyl sites for hydroxylation is 1. The molecule has 1 aromatic carbocycles. The molecule has 0 fully saturated rings. The third kappa shape index (κ3) is 3.39. The second-order valence-electron chi connectivity index (χ2n) is 3.94. The molecule has 15 heavy (non-hydrogen) atoms. The van der Waals surface area contributed by atoms with Crippen LogP contribution in [0, 0.1) is 6.92 Å². The zero-order valence-electron chi connectivity index (χ0n) is 9.36. The van der Waals surface area contributed by atoms with Gasteiger partial charge in [0.05, 0.1) is 6.42 Å². The van der Waals surface area contributed by atoms with E-state index in [2.05, 4.69) is 6.92 Å². The van der Waals surface area contributed by atoms with Crippen LogP contribution >= 0.6 is 0 Å².